The molecular weight excluding hydrogens is 328 g/mol. The molecule has 0 radical (unpaired) electrons. The highest BCUT2D eigenvalue weighted by Gasteiger charge is 2.24. The van der Waals surface area contributed by atoms with Crippen molar-refractivity contribution < 1.29 is 17.9 Å². The molecule has 0 aromatic heterocycles. The van der Waals surface area contributed by atoms with Crippen LogP contribution in [0.5, 0.6) is 5.75 Å². The second kappa shape index (κ2) is 6.26. The highest BCUT2D eigenvalue weighted by atomic mass is 32.2. The number of primary sulfonamides is 1. The number of carbonyl (C=O) groups excluding carboxylic acids is 1. The van der Waals surface area contributed by atoms with E-state index in [1.807, 2.05) is 24.3 Å². The van der Waals surface area contributed by atoms with Gasteiger partial charge >= 0.3 is 0 Å². The molecule has 1 atom stereocenters. The number of benzene rings is 2. The van der Waals surface area contributed by atoms with E-state index in [0.717, 1.165) is 11.3 Å². The molecule has 0 aliphatic carbocycles. The van der Waals surface area contributed by atoms with E-state index in [0.29, 0.717) is 24.2 Å². The Bertz CT molecular complexity index is 893. The molecular formula is C17H18N2O4S. The number of rotatable bonds is 3. The van der Waals surface area contributed by atoms with Gasteiger partial charge in [-0.15, -0.1) is 0 Å². The van der Waals surface area contributed by atoms with E-state index in [-0.39, 0.29) is 16.8 Å². The molecule has 1 aliphatic rings. The molecule has 3 N–H and O–H groups in total. The molecule has 1 aliphatic heterocycles. The number of amides is 1. The summed E-state index contributed by atoms with van der Waals surface area (Å²) in [5.74, 6) is 0.420. The van der Waals surface area contributed by atoms with Crippen molar-refractivity contribution in [1.82, 2.24) is 5.32 Å². The van der Waals surface area contributed by atoms with Crippen LogP contribution in [0.4, 0.5) is 0 Å². The predicted octanol–water partition coefficient (Wildman–Crippen LogP) is 1.90. The number of fused-ring (bicyclic) bond motifs is 1. The van der Waals surface area contributed by atoms with Gasteiger partial charge in [0.15, 0.2) is 0 Å². The Morgan fingerprint density at radius 2 is 2.00 bits per heavy atom. The Morgan fingerprint density at radius 1 is 1.25 bits per heavy atom. The van der Waals surface area contributed by atoms with Gasteiger partial charge in [0.2, 0.25) is 10.0 Å². The minimum atomic E-state index is -3.86. The summed E-state index contributed by atoms with van der Waals surface area (Å²) in [6, 6.07) is 11.6. The average Bonchev–Trinajstić information content (AvgIpc) is 2.54. The van der Waals surface area contributed by atoms with Crippen LogP contribution in [-0.2, 0) is 10.0 Å². The van der Waals surface area contributed by atoms with Gasteiger partial charge in [-0.25, -0.2) is 13.6 Å². The van der Waals surface area contributed by atoms with E-state index in [1.54, 1.807) is 13.0 Å². The lowest BCUT2D eigenvalue weighted by Crippen LogP contribution is -2.32. The Morgan fingerprint density at radius 3 is 2.75 bits per heavy atom. The number of aryl methyl sites for hydroxylation is 1. The molecule has 1 heterocycles. The van der Waals surface area contributed by atoms with Crippen LogP contribution >= 0.6 is 0 Å². The molecule has 7 heteroatoms. The van der Waals surface area contributed by atoms with E-state index in [2.05, 4.69) is 5.32 Å². The fourth-order valence-electron chi connectivity index (χ4n) is 2.75. The molecule has 1 amide bonds. The molecule has 0 saturated carbocycles. The number of nitrogens with two attached hydrogens (primary N) is 1. The average molecular weight is 346 g/mol. The molecule has 0 unspecified atom stereocenters. The van der Waals surface area contributed by atoms with Gasteiger partial charge in [0.1, 0.15) is 5.75 Å². The molecule has 0 fully saturated rings. The van der Waals surface area contributed by atoms with Gasteiger partial charge in [-0.3, -0.25) is 4.79 Å². The van der Waals surface area contributed by atoms with Crippen LogP contribution in [0.15, 0.2) is 47.4 Å². The van der Waals surface area contributed by atoms with E-state index in [4.69, 9.17) is 9.88 Å². The van der Waals surface area contributed by atoms with Gasteiger partial charge in [0.05, 0.1) is 17.5 Å². The van der Waals surface area contributed by atoms with Gasteiger partial charge in [0.25, 0.3) is 5.91 Å². The number of nitrogens with one attached hydrogen (secondary N) is 1. The molecule has 126 valence electrons. The zero-order chi connectivity index (χ0) is 17.3. The fourth-order valence-corrected chi connectivity index (χ4v) is 3.29. The van der Waals surface area contributed by atoms with Crippen molar-refractivity contribution in [2.24, 2.45) is 5.14 Å². The summed E-state index contributed by atoms with van der Waals surface area (Å²) in [5, 5.41) is 8.10. The smallest absolute Gasteiger partial charge is 0.252 e. The number of carbonyl (C=O) groups is 1. The third-order valence-corrected chi connectivity index (χ3v) is 4.96. The van der Waals surface area contributed by atoms with Crippen molar-refractivity contribution >= 4 is 15.9 Å². The number of hydrogen-bond acceptors (Lipinski definition) is 4. The second-order valence-electron chi connectivity index (χ2n) is 5.72. The first-order chi connectivity index (χ1) is 11.4. The largest absolute Gasteiger partial charge is 0.493 e. The zero-order valence-corrected chi connectivity index (χ0v) is 14.0. The lowest BCUT2D eigenvalue weighted by molar-refractivity contribution is 0.0924. The van der Waals surface area contributed by atoms with Gasteiger partial charge in [0, 0.05) is 17.5 Å². The van der Waals surface area contributed by atoms with Gasteiger partial charge in [-0.1, -0.05) is 24.3 Å². The highest BCUT2D eigenvalue weighted by molar-refractivity contribution is 7.89. The molecule has 2 aromatic carbocycles. The summed E-state index contributed by atoms with van der Waals surface area (Å²) >= 11 is 0. The summed E-state index contributed by atoms with van der Waals surface area (Å²) < 4.78 is 28.6. The molecule has 0 spiro atoms. The first-order valence-electron chi connectivity index (χ1n) is 7.52. The maximum absolute atomic E-state index is 12.6. The molecule has 6 nitrogen and oxygen atoms in total. The Labute approximate surface area is 140 Å². The Balaban J connectivity index is 1.89. The van der Waals surface area contributed by atoms with E-state index in [9.17, 15) is 13.2 Å². The van der Waals surface area contributed by atoms with Crippen LogP contribution in [0, 0.1) is 6.92 Å². The third kappa shape index (κ3) is 3.27. The Hall–Kier alpha value is -2.38. The van der Waals surface area contributed by atoms with Crippen LogP contribution in [-0.4, -0.2) is 20.9 Å². The van der Waals surface area contributed by atoms with Gasteiger partial charge < -0.3 is 10.1 Å². The van der Waals surface area contributed by atoms with E-state index in [1.165, 1.54) is 12.1 Å². The van der Waals surface area contributed by atoms with Crippen LogP contribution in [0.1, 0.15) is 33.9 Å². The topological polar surface area (TPSA) is 98.5 Å². The van der Waals surface area contributed by atoms with E-state index >= 15 is 0 Å². The summed E-state index contributed by atoms with van der Waals surface area (Å²) in [4.78, 5) is 12.6. The maximum Gasteiger partial charge on any atom is 0.252 e. The minimum Gasteiger partial charge on any atom is -0.493 e. The first-order valence-corrected chi connectivity index (χ1v) is 9.07. The minimum absolute atomic E-state index is 0.0781. The van der Waals surface area contributed by atoms with Crippen LogP contribution in [0.2, 0.25) is 0 Å². The number of para-hydroxylation sites is 1. The maximum atomic E-state index is 12.6. The van der Waals surface area contributed by atoms with Crippen molar-refractivity contribution in [2.75, 3.05) is 6.61 Å². The monoisotopic (exact) mass is 346 g/mol. The molecule has 0 saturated heterocycles. The molecule has 3 rings (SSSR count). The molecule has 2 aromatic rings. The van der Waals surface area contributed by atoms with Gasteiger partial charge in [-0.05, 0) is 30.7 Å². The van der Waals surface area contributed by atoms with Crippen LogP contribution in [0.25, 0.3) is 0 Å². The number of hydrogen-bond donors (Lipinski definition) is 2. The summed E-state index contributed by atoms with van der Waals surface area (Å²) in [6.45, 7) is 2.26. The fraction of sp³-hybridized carbons (Fsp3) is 0.235. The predicted molar refractivity (Wildman–Crippen MR) is 89.3 cm³/mol. The lowest BCUT2D eigenvalue weighted by atomic mass is 9.99. The second-order valence-corrected chi connectivity index (χ2v) is 7.28. The van der Waals surface area contributed by atoms with Crippen molar-refractivity contribution in [2.45, 2.75) is 24.3 Å². The first kappa shape index (κ1) is 16.5. The van der Waals surface area contributed by atoms with Crippen molar-refractivity contribution in [3.05, 3.63) is 59.2 Å². The van der Waals surface area contributed by atoms with Gasteiger partial charge in [-0.2, -0.15) is 0 Å². The molecule has 24 heavy (non-hydrogen) atoms. The highest BCUT2D eigenvalue weighted by Crippen LogP contribution is 2.31. The SMILES string of the molecule is Cc1ccc(S(N)(=O)=O)cc1C(=O)N[C@@H]1CCOc2ccccc21. The Kier molecular flexibility index (Phi) is 4.29. The van der Waals surface area contributed by atoms with Crippen LogP contribution in [0.3, 0.4) is 0 Å². The number of sulfonamides is 1. The summed E-state index contributed by atoms with van der Waals surface area (Å²) in [5.41, 5.74) is 1.89. The normalized spacial score (nSPS) is 16.8. The van der Waals surface area contributed by atoms with E-state index < -0.39 is 10.0 Å². The summed E-state index contributed by atoms with van der Waals surface area (Å²) in [6.07, 6.45) is 0.649. The van der Waals surface area contributed by atoms with Crippen molar-refractivity contribution in [1.29, 1.82) is 0 Å². The van der Waals surface area contributed by atoms with Crippen molar-refractivity contribution in [3.8, 4) is 5.75 Å². The standard InChI is InChI=1S/C17H18N2O4S/c1-11-6-7-12(24(18,21)22)10-14(11)17(20)19-15-8-9-23-16-5-3-2-4-13(15)16/h2-7,10,15H,8-9H2,1H3,(H,19,20)(H2,18,21,22)/t15-/m1/s1. The van der Waals surface area contributed by atoms with Crippen LogP contribution < -0.4 is 15.2 Å². The molecule has 0 bridgehead atoms. The lowest BCUT2D eigenvalue weighted by Gasteiger charge is -2.26. The van der Waals surface area contributed by atoms with Crippen molar-refractivity contribution in [3.63, 3.8) is 0 Å². The zero-order valence-electron chi connectivity index (χ0n) is 13.2. The number of ether oxygens (including phenoxy) is 1. The quantitative estimate of drug-likeness (QED) is 0.887. The summed E-state index contributed by atoms with van der Waals surface area (Å²) in [7, 11) is -3.86. The third-order valence-electron chi connectivity index (χ3n) is 4.05.